The number of furan rings is 1. The molecule has 0 saturated carbocycles. The van der Waals surface area contributed by atoms with E-state index in [9.17, 15) is 9.50 Å². The number of pyridine rings is 2. The van der Waals surface area contributed by atoms with Crippen LogP contribution in [0.1, 0.15) is 58.4 Å². The molecule has 0 unspecified atom stereocenters. The number of benzene rings is 6. The topological polar surface area (TPSA) is 59.2 Å². The molecule has 0 aliphatic rings. The van der Waals surface area contributed by atoms with Crippen LogP contribution < -0.4 is 0 Å². The van der Waals surface area contributed by atoms with Crippen LogP contribution >= 0.6 is 0 Å². The zero-order valence-corrected chi connectivity index (χ0v) is 37.6. The van der Waals surface area contributed by atoms with Crippen LogP contribution in [0.4, 0.5) is 4.39 Å². The molecule has 3 aromatic heterocycles. The summed E-state index contributed by atoms with van der Waals surface area (Å²) in [6.07, 6.45) is 0. The molecule has 9 aromatic rings. The molecule has 0 aliphatic heterocycles. The van der Waals surface area contributed by atoms with Crippen molar-refractivity contribution in [3.05, 3.63) is 174 Å². The second kappa shape index (κ2) is 16.0. The SMILES string of the molecule is Cc1cc(-c2cccc3c2oc2c(-c4ccccc4)cccc23)cc(-c2[c-]c(-c3cc(-c4cc(C(C)(C)C)cc(C(C)(C)C)c4)cc(-c4ccc(F)cc4O)n3)ccc2)n1.[Pt]. The van der Waals surface area contributed by atoms with Crippen molar-refractivity contribution in [3.8, 4) is 72.9 Å². The summed E-state index contributed by atoms with van der Waals surface area (Å²) < 4.78 is 21.0. The molecule has 0 amide bonds. The Hall–Kier alpha value is -6.16. The van der Waals surface area contributed by atoms with Gasteiger partial charge in [-0.25, -0.2) is 4.39 Å². The van der Waals surface area contributed by atoms with E-state index >= 15 is 0 Å². The fourth-order valence-electron chi connectivity index (χ4n) is 7.98. The zero-order valence-electron chi connectivity index (χ0n) is 35.3. The molecule has 0 radical (unpaired) electrons. The monoisotopic (exact) mass is 980 g/mol. The molecule has 1 N–H and O–H groups in total. The smallest absolute Gasteiger partial charge is 0.143 e. The minimum atomic E-state index is -0.514. The van der Waals surface area contributed by atoms with E-state index < -0.39 is 5.82 Å². The predicted molar refractivity (Wildman–Crippen MR) is 245 cm³/mol. The maximum atomic E-state index is 14.2. The van der Waals surface area contributed by atoms with Crippen LogP contribution in [0.2, 0.25) is 0 Å². The number of fused-ring (bicyclic) bond motifs is 3. The molecule has 4 nitrogen and oxygen atoms in total. The maximum Gasteiger partial charge on any atom is 0.143 e. The molecule has 0 aliphatic carbocycles. The van der Waals surface area contributed by atoms with Crippen LogP contribution in [0, 0.1) is 18.8 Å². The summed E-state index contributed by atoms with van der Waals surface area (Å²) in [6, 6.07) is 51.7. The van der Waals surface area contributed by atoms with Gasteiger partial charge in [0.25, 0.3) is 0 Å². The van der Waals surface area contributed by atoms with Crippen LogP contribution in [0.25, 0.3) is 89.1 Å². The average Bonchev–Trinajstić information content (AvgIpc) is 3.62. The van der Waals surface area contributed by atoms with E-state index in [0.29, 0.717) is 17.0 Å². The third-order valence-corrected chi connectivity index (χ3v) is 11.3. The van der Waals surface area contributed by atoms with Gasteiger partial charge in [-0.3, -0.25) is 9.97 Å². The zero-order chi connectivity index (χ0) is 41.9. The first-order chi connectivity index (χ1) is 28.7. The number of aromatic nitrogens is 2. The average molecular weight is 981 g/mol. The quantitative estimate of drug-likeness (QED) is 0.169. The van der Waals surface area contributed by atoms with Crippen molar-refractivity contribution in [2.45, 2.75) is 59.3 Å². The Morgan fingerprint density at radius 3 is 1.66 bits per heavy atom. The van der Waals surface area contributed by atoms with Crippen molar-refractivity contribution >= 4 is 21.9 Å². The summed E-state index contributed by atoms with van der Waals surface area (Å²) in [5.74, 6) is -0.686. The summed E-state index contributed by atoms with van der Waals surface area (Å²) in [5.41, 5.74) is 14.9. The Bertz CT molecular complexity index is 3070. The van der Waals surface area contributed by atoms with E-state index in [1.165, 1.54) is 17.2 Å². The summed E-state index contributed by atoms with van der Waals surface area (Å²) in [4.78, 5) is 10.1. The molecule has 3 heterocycles. The molecule has 0 spiro atoms. The summed E-state index contributed by atoms with van der Waals surface area (Å²) in [5, 5.41) is 13.1. The second-order valence-corrected chi connectivity index (χ2v) is 17.8. The predicted octanol–water partition coefficient (Wildman–Crippen LogP) is 14.9. The van der Waals surface area contributed by atoms with Crippen molar-refractivity contribution < 1.29 is 35.0 Å². The standard InChI is InChI=1S/C55H46FN2O2.Pt/c1-33-24-39(44-19-13-21-46-45-20-12-18-43(52(45)60-53(44)46)34-14-9-8-10-15-34)30-48(57-33)35-16-11-17-36(25-35)49-28-38(29-50(58-49)47-23-22-42(56)32-51(47)59)37-26-40(54(2,3)4)31-41(27-37)55(5,6)7;/h8-24,26-32,59H,1-7H3;/q-1;. The number of rotatable bonds is 6. The van der Waals surface area contributed by atoms with Crippen LogP contribution in [0.3, 0.4) is 0 Å². The molecule has 6 aromatic carbocycles. The van der Waals surface area contributed by atoms with Gasteiger partial charge in [0.05, 0.1) is 5.69 Å². The van der Waals surface area contributed by atoms with E-state index in [4.69, 9.17) is 14.4 Å². The van der Waals surface area contributed by atoms with E-state index in [0.717, 1.165) is 83.9 Å². The Labute approximate surface area is 371 Å². The Morgan fingerprint density at radius 1 is 0.508 bits per heavy atom. The van der Waals surface area contributed by atoms with Gasteiger partial charge in [-0.1, -0.05) is 150 Å². The number of hydrogen-bond acceptors (Lipinski definition) is 4. The molecule has 0 bridgehead atoms. The Morgan fingerprint density at radius 2 is 1.05 bits per heavy atom. The maximum absolute atomic E-state index is 14.2. The largest absolute Gasteiger partial charge is 0.507 e. The van der Waals surface area contributed by atoms with Crippen molar-refractivity contribution in [3.63, 3.8) is 0 Å². The normalized spacial score (nSPS) is 11.9. The first-order valence-electron chi connectivity index (χ1n) is 20.4. The number of para-hydroxylation sites is 2. The van der Waals surface area contributed by atoms with E-state index in [1.807, 2.05) is 49.4 Å². The Balaban J connectivity index is 0.00000514. The number of aryl methyl sites for hydroxylation is 1. The molecular weight excluding hydrogens is 935 g/mol. The molecule has 0 atom stereocenters. The van der Waals surface area contributed by atoms with E-state index in [1.54, 1.807) is 6.07 Å². The second-order valence-electron chi connectivity index (χ2n) is 17.8. The van der Waals surface area contributed by atoms with Gasteiger partial charge in [0.2, 0.25) is 0 Å². The van der Waals surface area contributed by atoms with Crippen molar-refractivity contribution in [2.75, 3.05) is 0 Å². The van der Waals surface area contributed by atoms with Gasteiger partial charge in [-0.15, -0.1) is 24.3 Å². The van der Waals surface area contributed by atoms with Crippen molar-refractivity contribution in [1.82, 2.24) is 9.97 Å². The van der Waals surface area contributed by atoms with Crippen LogP contribution in [0.15, 0.2) is 150 Å². The van der Waals surface area contributed by atoms with Crippen molar-refractivity contribution in [1.29, 1.82) is 0 Å². The van der Waals surface area contributed by atoms with Gasteiger partial charge in [-0.2, -0.15) is 0 Å². The number of hydrogen-bond donors (Lipinski definition) is 1. The first-order valence-corrected chi connectivity index (χ1v) is 20.4. The summed E-state index contributed by atoms with van der Waals surface area (Å²) >= 11 is 0. The Kier molecular flexibility index (Phi) is 10.9. The van der Waals surface area contributed by atoms with Gasteiger partial charge < -0.3 is 9.52 Å². The molecule has 306 valence electrons. The van der Waals surface area contributed by atoms with Crippen LogP contribution in [0.5, 0.6) is 5.75 Å². The number of halogens is 1. The van der Waals surface area contributed by atoms with Gasteiger partial charge in [0.1, 0.15) is 22.7 Å². The van der Waals surface area contributed by atoms with Gasteiger partial charge in [-0.05, 0) is 75.4 Å². The molecule has 0 saturated heterocycles. The van der Waals surface area contributed by atoms with E-state index in [-0.39, 0.29) is 37.6 Å². The minimum Gasteiger partial charge on any atom is -0.507 e. The third-order valence-electron chi connectivity index (χ3n) is 11.3. The van der Waals surface area contributed by atoms with Gasteiger partial charge in [0.15, 0.2) is 0 Å². The van der Waals surface area contributed by atoms with E-state index in [2.05, 4.69) is 133 Å². The molecule has 0 fully saturated rings. The van der Waals surface area contributed by atoms with Crippen LogP contribution in [-0.2, 0) is 31.9 Å². The fourth-order valence-corrected chi connectivity index (χ4v) is 7.98. The van der Waals surface area contributed by atoms with Crippen LogP contribution in [-0.4, -0.2) is 15.1 Å². The fraction of sp³-hybridized carbons (Fsp3) is 0.164. The van der Waals surface area contributed by atoms with Gasteiger partial charge in [0, 0.05) is 71.7 Å². The number of aromatic hydroxyl groups is 1. The number of nitrogens with zero attached hydrogens (tertiary/aromatic N) is 2. The summed E-state index contributed by atoms with van der Waals surface area (Å²) in [6.45, 7) is 15.4. The number of phenolic OH excluding ortho intramolecular Hbond substituents is 1. The molecule has 9 rings (SSSR count). The number of phenols is 1. The summed E-state index contributed by atoms with van der Waals surface area (Å²) in [7, 11) is 0. The minimum absolute atomic E-state index is 0. The van der Waals surface area contributed by atoms with Crippen molar-refractivity contribution in [2.24, 2.45) is 0 Å². The third kappa shape index (κ3) is 8.20. The molecular formula is C55H46FN2O2Pt-. The molecule has 6 heteroatoms. The van der Waals surface area contributed by atoms with Gasteiger partial charge >= 0.3 is 0 Å². The first kappa shape index (κ1) is 41.6. The molecule has 61 heavy (non-hydrogen) atoms.